The molecule has 1 N–H and O–H groups in total. The first kappa shape index (κ1) is 24.6. The lowest BCUT2D eigenvalue weighted by atomic mass is 9.88. The van der Waals surface area contributed by atoms with Crippen LogP contribution in [0.2, 0.25) is 0 Å². The minimum atomic E-state index is -0.556. The van der Waals surface area contributed by atoms with E-state index in [2.05, 4.69) is 17.4 Å². The molecule has 0 radical (unpaired) electrons. The Morgan fingerprint density at radius 1 is 0.923 bits per heavy atom. The second-order valence-corrected chi connectivity index (χ2v) is 9.79. The van der Waals surface area contributed by atoms with Crippen molar-refractivity contribution in [3.8, 4) is 17.0 Å². The first-order valence-electron chi connectivity index (χ1n) is 13.1. The minimum Gasteiger partial charge on any atom is -0.497 e. The number of hydrogen-bond donors (Lipinski definition) is 1. The average Bonchev–Trinajstić information content (AvgIpc) is 2.99. The van der Waals surface area contributed by atoms with Gasteiger partial charge in [-0.2, -0.15) is 0 Å². The van der Waals surface area contributed by atoms with Gasteiger partial charge in [-0.25, -0.2) is 9.78 Å². The van der Waals surface area contributed by atoms with Gasteiger partial charge in [-0.05, 0) is 71.5 Å². The molecule has 0 fully saturated rings. The zero-order valence-corrected chi connectivity index (χ0v) is 21.6. The maximum Gasteiger partial charge on any atom is 0.339 e. The number of para-hydroxylation sites is 1. The molecule has 4 aromatic carbocycles. The predicted octanol–water partition coefficient (Wildman–Crippen LogP) is 6.41. The van der Waals surface area contributed by atoms with Gasteiger partial charge in [0.1, 0.15) is 5.75 Å². The van der Waals surface area contributed by atoms with E-state index in [9.17, 15) is 9.59 Å². The van der Waals surface area contributed by atoms with E-state index in [0.717, 1.165) is 46.9 Å². The molecule has 1 atom stereocenters. The quantitative estimate of drug-likeness (QED) is 0.264. The lowest BCUT2D eigenvalue weighted by Gasteiger charge is -2.26. The number of ether oxygens (including phenoxy) is 2. The van der Waals surface area contributed by atoms with Crippen molar-refractivity contribution in [1.82, 2.24) is 10.3 Å². The molecule has 1 aliphatic rings. The Morgan fingerprint density at radius 3 is 2.62 bits per heavy atom. The molecule has 1 unspecified atom stereocenters. The van der Waals surface area contributed by atoms with Crippen LogP contribution in [0.3, 0.4) is 0 Å². The summed E-state index contributed by atoms with van der Waals surface area (Å²) in [6.45, 7) is -0.346. The van der Waals surface area contributed by atoms with Gasteiger partial charge < -0.3 is 14.8 Å². The lowest BCUT2D eigenvalue weighted by molar-refractivity contribution is -0.125. The normalized spacial score (nSPS) is 14.5. The molecule has 6 rings (SSSR count). The topological polar surface area (TPSA) is 77.5 Å². The fourth-order valence-corrected chi connectivity index (χ4v) is 5.35. The van der Waals surface area contributed by atoms with E-state index >= 15 is 0 Å². The largest absolute Gasteiger partial charge is 0.497 e. The number of fused-ring (bicyclic) bond motifs is 3. The van der Waals surface area contributed by atoms with Gasteiger partial charge in [0.15, 0.2) is 6.61 Å². The summed E-state index contributed by atoms with van der Waals surface area (Å²) in [5.41, 5.74) is 4.99. The molecule has 1 heterocycles. The van der Waals surface area contributed by atoms with E-state index in [4.69, 9.17) is 14.5 Å². The van der Waals surface area contributed by atoms with Gasteiger partial charge in [0.05, 0.1) is 29.9 Å². The maximum atomic E-state index is 13.3. The van der Waals surface area contributed by atoms with Crippen molar-refractivity contribution in [3.63, 3.8) is 0 Å². The fourth-order valence-electron chi connectivity index (χ4n) is 5.35. The van der Waals surface area contributed by atoms with E-state index in [1.807, 2.05) is 72.8 Å². The summed E-state index contributed by atoms with van der Waals surface area (Å²) in [6.07, 6.45) is 2.89. The van der Waals surface area contributed by atoms with Gasteiger partial charge in [-0.3, -0.25) is 4.79 Å². The highest BCUT2D eigenvalue weighted by Crippen LogP contribution is 2.31. The van der Waals surface area contributed by atoms with Crippen molar-refractivity contribution in [3.05, 3.63) is 108 Å². The van der Waals surface area contributed by atoms with Crippen molar-refractivity contribution in [2.75, 3.05) is 13.7 Å². The van der Waals surface area contributed by atoms with Crippen LogP contribution in [0.5, 0.6) is 5.75 Å². The zero-order chi connectivity index (χ0) is 26.8. The Balaban J connectivity index is 1.24. The number of benzene rings is 4. The summed E-state index contributed by atoms with van der Waals surface area (Å²) in [7, 11) is 1.65. The first-order chi connectivity index (χ1) is 19.1. The summed E-state index contributed by atoms with van der Waals surface area (Å²) < 4.78 is 10.9. The monoisotopic (exact) mass is 516 g/mol. The van der Waals surface area contributed by atoms with Crippen LogP contribution in [0.25, 0.3) is 32.9 Å². The van der Waals surface area contributed by atoms with E-state index < -0.39 is 5.97 Å². The summed E-state index contributed by atoms with van der Waals surface area (Å²) in [5, 5.41) is 5.80. The number of nitrogens with one attached hydrogen (secondary N) is 1. The molecule has 1 aromatic heterocycles. The van der Waals surface area contributed by atoms with Crippen LogP contribution in [0.1, 0.15) is 40.4 Å². The molecular formula is C33H28N2O4. The lowest BCUT2D eigenvalue weighted by Crippen LogP contribution is -2.34. The van der Waals surface area contributed by atoms with Gasteiger partial charge in [0.25, 0.3) is 5.91 Å². The Bertz CT molecular complexity index is 1710. The van der Waals surface area contributed by atoms with Gasteiger partial charge in [-0.15, -0.1) is 0 Å². The second-order valence-electron chi connectivity index (χ2n) is 9.79. The molecule has 0 spiro atoms. The summed E-state index contributed by atoms with van der Waals surface area (Å²) in [5.74, 6) is -0.0750. The van der Waals surface area contributed by atoms with Crippen molar-refractivity contribution in [2.45, 2.75) is 25.3 Å². The van der Waals surface area contributed by atoms with Crippen LogP contribution in [0.15, 0.2) is 91.0 Å². The Labute approximate surface area is 226 Å². The summed E-state index contributed by atoms with van der Waals surface area (Å²) in [4.78, 5) is 30.9. The Morgan fingerprint density at radius 2 is 1.72 bits per heavy atom. The SMILES string of the molecule is COc1ccc2cc(-c3cc(C(=O)OCC(=O)NC4CCCc5ccccc54)c4ccccc4n3)ccc2c1. The molecule has 0 bridgehead atoms. The number of aromatic nitrogens is 1. The highest BCUT2D eigenvalue weighted by atomic mass is 16.5. The molecule has 39 heavy (non-hydrogen) atoms. The molecule has 6 nitrogen and oxygen atoms in total. The van der Waals surface area contributed by atoms with E-state index in [1.165, 1.54) is 5.56 Å². The molecule has 0 saturated heterocycles. The highest BCUT2D eigenvalue weighted by molar-refractivity contribution is 6.05. The third-order valence-corrected chi connectivity index (χ3v) is 7.32. The molecule has 194 valence electrons. The third-order valence-electron chi connectivity index (χ3n) is 7.32. The number of aryl methyl sites for hydroxylation is 1. The highest BCUT2D eigenvalue weighted by Gasteiger charge is 2.22. The van der Waals surface area contributed by atoms with Gasteiger partial charge in [0, 0.05) is 10.9 Å². The zero-order valence-electron chi connectivity index (χ0n) is 21.6. The Hall–Kier alpha value is -4.71. The third kappa shape index (κ3) is 5.06. The van der Waals surface area contributed by atoms with Gasteiger partial charge in [0.2, 0.25) is 0 Å². The summed E-state index contributed by atoms with van der Waals surface area (Å²) >= 11 is 0. The minimum absolute atomic E-state index is 0.0672. The van der Waals surface area contributed by atoms with Crippen LogP contribution < -0.4 is 10.1 Å². The number of hydrogen-bond acceptors (Lipinski definition) is 5. The molecule has 5 aromatic rings. The number of methoxy groups -OCH3 is 1. The van der Waals surface area contributed by atoms with Crippen LogP contribution in [-0.4, -0.2) is 30.6 Å². The first-order valence-corrected chi connectivity index (χ1v) is 13.1. The summed E-state index contributed by atoms with van der Waals surface area (Å²) in [6, 6.07) is 29.2. The van der Waals surface area contributed by atoms with Crippen LogP contribution in [0.4, 0.5) is 0 Å². The molecule has 0 aliphatic heterocycles. The average molecular weight is 517 g/mol. The standard InChI is InChI=1S/C33H28N2O4/c1-38-25-16-15-22-17-24(14-13-23(22)18-25)31-19-28(27-10-4-5-11-30(27)34-31)33(37)39-20-32(36)35-29-12-6-8-21-7-2-3-9-26(21)29/h2-5,7,9-11,13-19,29H,6,8,12,20H2,1H3,(H,35,36). The molecular weight excluding hydrogens is 488 g/mol. The Kier molecular flexibility index (Phi) is 6.68. The van der Waals surface area contributed by atoms with Crippen LogP contribution in [-0.2, 0) is 16.0 Å². The molecule has 1 amide bonds. The van der Waals surface area contributed by atoms with Gasteiger partial charge >= 0.3 is 5.97 Å². The van der Waals surface area contributed by atoms with E-state index in [-0.39, 0.29) is 18.6 Å². The van der Waals surface area contributed by atoms with Crippen molar-refractivity contribution in [2.24, 2.45) is 0 Å². The number of carbonyl (C=O) groups excluding carboxylic acids is 2. The number of esters is 1. The van der Waals surface area contributed by atoms with Gasteiger partial charge in [-0.1, -0.05) is 60.7 Å². The molecule has 6 heteroatoms. The number of nitrogens with zero attached hydrogens (tertiary/aromatic N) is 1. The number of pyridine rings is 1. The van der Waals surface area contributed by atoms with Crippen molar-refractivity contribution < 1.29 is 19.1 Å². The fraction of sp³-hybridized carbons (Fsp3) is 0.182. The van der Waals surface area contributed by atoms with E-state index in [1.54, 1.807) is 13.2 Å². The molecule has 0 saturated carbocycles. The number of amides is 1. The van der Waals surface area contributed by atoms with Crippen LogP contribution in [0, 0.1) is 0 Å². The van der Waals surface area contributed by atoms with Crippen LogP contribution >= 0.6 is 0 Å². The predicted molar refractivity (Wildman–Crippen MR) is 152 cm³/mol. The number of carbonyl (C=O) groups is 2. The smallest absolute Gasteiger partial charge is 0.339 e. The second kappa shape index (κ2) is 10.6. The van der Waals surface area contributed by atoms with Crippen molar-refractivity contribution in [1.29, 1.82) is 0 Å². The van der Waals surface area contributed by atoms with E-state index in [0.29, 0.717) is 22.2 Å². The maximum absolute atomic E-state index is 13.3. The van der Waals surface area contributed by atoms with Crippen molar-refractivity contribution >= 4 is 33.6 Å². The molecule has 1 aliphatic carbocycles. The number of rotatable bonds is 6.